The molecule has 0 aliphatic rings. The van der Waals surface area contributed by atoms with Crippen molar-refractivity contribution in [1.82, 2.24) is 4.98 Å². The van der Waals surface area contributed by atoms with Crippen LogP contribution in [0.1, 0.15) is 29.3 Å². The maximum absolute atomic E-state index is 6.00. The van der Waals surface area contributed by atoms with Crippen molar-refractivity contribution < 1.29 is 14.3 Å². The Morgan fingerprint density at radius 1 is 1.12 bits per heavy atom. The zero-order valence-electron chi connectivity index (χ0n) is 15.9. The SMILES string of the molecule is C/C=C/COc1cc(C)c(OCCc2ccc(C=NOC)nc2)c(C)c1. The van der Waals surface area contributed by atoms with Crippen LogP contribution in [-0.2, 0) is 11.3 Å². The van der Waals surface area contributed by atoms with E-state index in [1.165, 1.54) is 7.11 Å². The van der Waals surface area contributed by atoms with Gasteiger partial charge in [-0.2, -0.15) is 0 Å². The van der Waals surface area contributed by atoms with E-state index >= 15 is 0 Å². The van der Waals surface area contributed by atoms with E-state index in [1.54, 1.807) is 6.21 Å². The fraction of sp³-hybridized carbons (Fsp3) is 0.333. The summed E-state index contributed by atoms with van der Waals surface area (Å²) in [6, 6.07) is 7.95. The minimum atomic E-state index is 0.577. The van der Waals surface area contributed by atoms with E-state index in [-0.39, 0.29) is 0 Å². The van der Waals surface area contributed by atoms with Crippen molar-refractivity contribution in [2.45, 2.75) is 27.2 Å². The van der Waals surface area contributed by atoms with Crippen molar-refractivity contribution in [3.63, 3.8) is 0 Å². The first-order valence-corrected chi connectivity index (χ1v) is 8.63. The Morgan fingerprint density at radius 2 is 1.88 bits per heavy atom. The number of benzene rings is 1. The third-order valence-electron chi connectivity index (χ3n) is 3.79. The van der Waals surface area contributed by atoms with Crippen molar-refractivity contribution in [2.75, 3.05) is 20.3 Å². The van der Waals surface area contributed by atoms with Crippen LogP contribution in [-0.4, -0.2) is 31.5 Å². The second kappa shape index (κ2) is 10.2. The maximum atomic E-state index is 6.00. The van der Waals surface area contributed by atoms with Gasteiger partial charge in [0.1, 0.15) is 25.2 Å². The Balaban J connectivity index is 1.91. The molecule has 2 rings (SSSR count). The van der Waals surface area contributed by atoms with E-state index in [2.05, 4.69) is 15.0 Å². The maximum Gasteiger partial charge on any atom is 0.125 e. The fourth-order valence-electron chi connectivity index (χ4n) is 2.50. The van der Waals surface area contributed by atoms with Crippen LogP contribution in [0.4, 0.5) is 0 Å². The van der Waals surface area contributed by atoms with Crippen LogP contribution in [0.25, 0.3) is 0 Å². The van der Waals surface area contributed by atoms with E-state index in [9.17, 15) is 0 Å². The standard InChI is InChI=1S/C21H26N2O3/c1-5-6-10-25-20-12-16(2)21(17(3)13-20)26-11-9-18-7-8-19(22-14-18)15-23-24-4/h5-8,12-15H,9-11H2,1-4H3/b6-5+,23-15?. The van der Waals surface area contributed by atoms with Crippen LogP contribution in [0.15, 0.2) is 47.8 Å². The van der Waals surface area contributed by atoms with Gasteiger partial charge in [0.15, 0.2) is 0 Å². The molecule has 0 saturated carbocycles. The first-order chi connectivity index (χ1) is 12.6. The van der Waals surface area contributed by atoms with Gasteiger partial charge in [-0.1, -0.05) is 23.4 Å². The van der Waals surface area contributed by atoms with Crippen molar-refractivity contribution in [3.8, 4) is 11.5 Å². The van der Waals surface area contributed by atoms with Gasteiger partial charge < -0.3 is 14.3 Å². The molecule has 2 aromatic rings. The molecule has 0 aliphatic heterocycles. The van der Waals surface area contributed by atoms with Crippen LogP contribution in [0.2, 0.25) is 0 Å². The molecular formula is C21H26N2O3. The van der Waals surface area contributed by atoms with E-state index in [0.29, 0.717) is 13.2 Å². The van der Waals surface area contributed by atoms with Crippen LogP contribution in [0.5, 0.6) is 11.5 Å². The summed E-state index contributed by atoms with van der Waals surface area (Å²) in [4.78, 5) is 8.96. The zero-order chi connectivity index (χ0) is 18.8. The van der Waals surface area contributed by atoms with Gasteiger partial charge in [0.2, 0.25) is 0 Å². The molecule has 1 aromatic heterocycles. The molecule has 5 nitrogen and oxygen atoms in total. The average Bonchev–Trinajstić information content (AvgIpc) is 2.63. The minimum absolute atomic E-state index is 0.577. The van der Waals surface area contributed by atoms with Gasteiger partial charge in [-0.3, -0.25) is 4.98 Å². The second-order valence-corrected chi connectivity index (χ2v) is 5.87. The number of nitrogens with zero attached hydrogens (tertiary/aromatic N) is 2. The normalized spacial score (nSPS) is 11.2. The number of rotatable bonds is 9. The quantitative estimate of drug-likeness (QED) is 0.384. The largest absolute Gasteiger partial charge is 0.493 e. The summed E-state index contributed by atoms with van der Waals surface area (Å²) in [5, 5.41) is 3.70. The third kappa shape index (κ3) is 5.92. The lowest BCUT2D eigenvalue weighted by Crippen LogP contribution is -2.05. The highest BCUT2D eigenvalue weighted by atomic mass is 16.6. The van der Waals surface area contributed by atoms with Gasteiger partial charge in [0.25, 0.3) is 0 Å². The molecule has 5 heteroatoms. The van der Waals surface area contributed by atoms with Crippen LogP contribution in [0.3, 0.4) is 0 Å². The van der Waals surface area contributed by atoms with E-state index < -0.39 is 0 Å². The molecule has 0 atom stereocenters. The number of ether oxygens (including phenoxy) is 2. The van der Waals surface area contributed by atoms with Gasteiger partial charge in [-0.15, -0.1) is 0 Å². The molecule has 0 unspecified atom stereocenters. The van der Waals surface area contributed by atoms with Gasteiger partial charge >= 0.3 is 0 Å². The lowest BCUT2D eigenvalue weighted by Gasteiger charge is -2.14. The monoisotopic (exact) mass is 354 g/mol. The van der Waals surface area contributed by atoms with Crippen molar-refractivity contribution >= 4 is 6.21 Å². The molecule has 0 radical (unpaired) electrons. The highest BCUT2D eigenvalue weighted by Gasteiger charge is 2.07. The van der Waals surface area contributed by atoms with Gasteiger partial charge in [-0.25, -0.2) is 0 Å². The van der Waals surface area contributed by atoms with E-state index in [1.807, 2.05) is 63.4 Å². The predicted molar refractivity (Wildman–Crippen MR) is 104 cm³/mol. The Morgan fingerprint density at radius 3 is 2.50 bits per heavy atom. The second-order valence-electron chi connectivity index (χ2n) is 5.87. The topological polar surface area (TPSA) is 52.9 Å². The molecule has 26 heavy (non-hydrogen) atoms. The molecule has 1 aromatic carbocycles. The first kappa shape index (κ1) is 19.5. The van der Waals surface area contributed by atoms with Gasteiger partial charge in [0.05, 0.1) is 18.5 Å². The summed E-state index contributed by atoms with van der Waals surface area (Å²) in [6.07, 6.45) is 8.15. The summed E-state index contributed by atoms with van der Waals surface area (Å²) < 4.78 is 11.7. The van der Waals surface area contributed by atoms with E-state index in [0.717, 1.165) is 40.3 Å². The number of aromatic nitrogens is 1. The van der Waals surface area contributed by atoms with Crippen LogP contribution >= 0.6 is 0 Å². The smallest absolute Gasteiger partial charge is 0.125 e. The molecule has 0 N–H and O–H groups in total. The van der Waals surface area contributed by atoms with E-state index in [4.69, 9.17) is 9.47 Å². The number of oxime groups is 1. The molecule has 0 saturated heterocycles. The van der Waals surface area contributed by atoms with Crippen LogP contribution in [0, 0.1) is 13.8 Å². The number of aryl methyl sites for hydroxylation is 2. The molecule has 138 valence electrons. The van der Waals surface area contributed by atoms with Crippen molar-refractivity contribution in [3.05, 3.63) is 65.0 Å². The highest BCUT2D eigenvalue weighted by molar-refractivity contribution is 5.76. The molecule has 0 aliphatic carbocycles. The lowest BCUT2D eigenvalue weighted by molar-refractivity contribution is 0.215. The minimum Gasteiger partial charge on any atom is -0.493 e. The molecule has 0 bridgehead atoms. The Kier molecular flexibility index (Phi) is 7.68. The summed E-state index contributed by atoms with van der Waals surface area (Å²) in [6.45, 7) is 7.22. The lowest BCUT2D eigenvalue weighted by atomic mass is 10.1. The molecule has 0 amide bonds. The average molecular weight is 354 g/mol. The molecule has 0 fully saturated rings. The van der Waals surface area contributed by atoms with Crippen LogP contribution < -0.4 is 9.47 Å². The molecule has 0 spiro atoms. The number of allylic oxidation sites excluding steroid dienone is 1. The van der Waals surface area contributed by atoms with Crippen molar-refractivity contribution in [1.29, 1.82) is 0 Å². The number of hydrogen-bond acceptors (Lipinski definition) is 5. The first-order valence-electron chi connectivity index (χ1n) is 8.63. The summed E-state index contributed by atoms with van der Waals surface area (Å²) >= 11 is 0. The number of hydrogen-bond donors (Lipinski definition) is 0. The summed E-state index contributed by atoms with van der Waals surface area (Å²) in [7, 11) is 1.51. The zero-order valence-corrected chi connectivity index (χ0v) is 15.9. The Labute approximate surface area is 155 Å². The Hall–Kier alpha value is -2.82. The highest BCUT2D eigenvalue weighted by Crippen LogP contribution is 2.28. The fourth-order valence-corrected chi connectivity index (χ4v) is 2.50. The third-order valence-corrected chi connectivity index (χ3v) is 3.79. The molecular weight excluding hydrogens is 328 g/mol. The van der Waals surface area contributed by atoms with Gasteiger partial charge in [0, 0.05) is 12.6 Å². The summed E-state index contributed by atoms with van der Waals surface area (Å²) in [5.74, 6) is 1.78. The Bertz CT molecular complexity index is 729. The number of pyridine rings is 1. The molecule has 1 heterocycles. The predicted octanol–water partition coefficient (Wildman–Crippen LogP) is 4.26. The van der Waals surface area contributed by atoms with Crippen molar-refractivity contribution in [2.24, 2.45) is 5.16 Å². The van der Waals surface area contributed by atoms with Gasteiger partial charge in [-0.05, 0) is 55.7 Å². The summed E-state index contributed by atoms with van der Waals surface area (Å²) in [5.41, 5.74) is 4.02.